The molecule has 0 aliphatic heterocycles. The zero-order valence-electron chi connectivity index (χ0n) is 11.7. The molecule has 1 heterocycles. The van der Waals surface area contributed by atoms with Crippen LogP contribution in [0.1, 0.15) is 19.0 Å². The molecule has 0 amide bonds. The van der Waals surface area contributed by atoms with Crippen LogP contribution in [0.5, 0.6) is 0 Å². The van der Waals surface area contributed by atoms with Gasteiger partial charge in [-0.2, -0.15) is 4.31 Å². The van der Waals surface area contributed by atoms with Gasteiger partial charge < -0.3 is 14.8 Å². The van der Waals surface area contributed by atoms with Gasteiger partial charge in [0, 0.05) is 31.5 Å². The molecule has 1 aromatic heterocycles. The smallest absolute Gasteiger partial charge is 0.244 e. The highest BCUT2D eigenvalue weighted by atomic mass is 32.2. The third kappa shape index (κ3) is 3.69. The Balaban J connectivity index is 3.15. The molecule has 6 nitrogen and oxygen atoms in total. The summed E-state index contributed by atoms with van der Waals surface area (Å²) in [6.07, 6.45) is 3.84. The first kappa shape index (κ1) is 16.9. The Morgan fingerprint density at radius 1 is 1.45 bits per heavy atom. The van der Waals surface area contributed by atoms with Crippen molar-refractivity contribution in [3.8, 4) is 0 Å². The van der Waals surface area contributed by atoms with E-state index in [1.54, 1.807) is 4.57 Å². The molecule has 0 fully saturated rings. The van der Waals surface area contributed by atoms with E-state index in [4.69, 9.17) is 5.11 Å². The maximum atomic E-state index is 12.5. The van der Waals surface area contributed by atoms with E-state index in [0.717, 1.165) is 10.7 Å². The van der Waals surface area contributed by atoms with Crippen molar-refractivity contribution >= 4 is 10.0 Å². The van der Waals surface area contributed by atoms with Gasteiger partial charge in [0.25, 0.3) is 0 Å². The molecule has 1 rings (SSSR count). The van der Waals surface area contributed by atoms with Gasteiger partial charge in [0.05, 0.1) is 13.2 Å². The van der Waals surface area contributed by atoms with Crippen molar-refractivity contribution in [2.24, 2.45) is 0 Å². The lowest BCUT2D eigenvalue weighted by Gasteiger charge is -2.18. The molecular weight excluding hydrogens is 280 g/mol. The van der Waals surface area contributed by atoms with Gasteiger partial charge in [0.15, 0.2) is 0 Å². The van der Waals surface area contributed by atoms with Gasteiger partial charge in [0.1, 0.15) is 4.90 Å². The Bertz CT molecular complexity index is 537. The molecule has 20 heavy (non-hydrogen) atoms. The highest BCUT2D eigenvalue weighted by Crippen LogP contribution is 2.19. The molecule has 0 saturated heterocycles. The van der Waals surface area contributed by atoms with Crippen LogP contribution >= 0.6 is 0 Å². The molecule has 0 bridgehead atoms. The molecule has 0 aromatic carbocycles. The number of nitrogens with zero attached hydrogens (tertiary/aromatic N) is 2. The minimum Gasteiger partial charge on any atom is -0.395 e. The lowest BCUT2D eigenvalue weighted by atomic mass is 10.4. The van der Waals surface area contributed by atoms with E-state index in [1.165, 1.54) is 18.3 Å². The van der Waals surface area contributed by atoms with E-state index in [9.17, 15) is 13.5 Å². The van der Waals surface area contributed by atoms with Crippen LogP contribution in [-0.4, -0.2) is 47.2 Å². The monoisotopic (exact) mass is 302 g/mol. The summed E-state index contributed by atoms with van der Waals surface area (Å²) in [6.45, 7) is 5.83. The quantitative estimate of drug-likeness (QED) is 0.653. The van der Waals surface area contributed by atoms with E-state index in [0.29, 0.717) is 12.2 Å². The van der Waals surface area contributed by atoms with Gasteiger partial charge in [-0.05, 0) is 12.5 Å². The second kappa shape index (κ2) is 7.58. The minimum atomic E-state index is -3.69. The van der Waals surface area contributed by atoms with Crippen LogP contribution in [0.15, 0.2) is 29.8 Å². The first-order valence-electron chi connectivity index (χ1n) is 6.53. The van der Waals surface area contributed by atoms with Crippen LogP contribution < -0.4 is 0 Å². The van der Waals surface area contributed by atoms with E-state index < -0.39 is 10.0 Å². The summed E-state index contributed by atoms with van der Waals surface area (Å²) in [7, 11) is -3.69. The first-order valence-corrected chi connectivity index (χ1v) is 7.97. The Hall–Kier alpha value is -1.15. The van der Waals surface area contributed by atoms with Crippen LogP contribution in [-0.2, 0) is 23.2 Å². The number of sulfonamides is 1. The molecule has 1 aromatic rings. The van der Waals surface area contributed by atoms with Gasteiger partial charge >= 0.3 is 0 Å². The fraction of sp³-hybridized carbons (Fsp3) is 0.538. The van der Waals surface area contributed by atoms with E-state index in [2.05, 4.69) is 6.58 Å². The maximum absolute atomic E-state index is 12.5. The molecule has 0 aliphatic rings. The Labute approximate surface area is 120 Å². The maximum Gasteiger partial charge on any atom is 0.244 e. The molecule has 0 radical (unpaired) electrons. The molecule has 0 aliphatic carbocycles. The lowest BCUT2D eigenvalue weighted by Crippen LogP contribution is -2.33. The lowest BCUT2D eigenvalue weighted by molar-refractivity contribution is 0.260. The summed E-state index contributed by atoms with van der Waals surface area (Å²) in [6, 6.07) is 1.47. The predicted octanol–water partition coefficient (Wildman–Crippen LogP) is 0.559. The Kier molecular flexibility index (Phi) is 6.41. The van der Waals surface area contributed by atoms with Gasteiger partial charge in [-0.25, -0.2) is 8.42 Å². The minimum absolute atomic E-state index is 0.0156. The van der Waals surface area contributed by atoms with Gasteiger partial charge in [-0.15, -0.1) is 6.58 Å². The number of aromatic nitrogens is 1. The van der Waals surface area contributed by atoms with Gasteiger partial charge in [-0.3, -0.25) is 0 Å². The Morgan fingerprint density at radius 2 is 2.15 bits per heavy atom. The molecule has 0 unspecified atom stereocenters. The second-order valence-electron chi connectivity index (χ2n) is 4.39. The third-order valence-electron chi connectivity index (χ3n) is 2.91. The molecule has 114 valence electrons. The second-order valence-corrected chi connectivity index (χ2v) is 6.33. The number of aliphatic hydroxyl groups is 2. The summed E-state index contributed by atoms with van der Waals surface area (Å²) in [4.78, 5) is 0.130. The van der Waals surface area contributed by atoms with E-state index >= 15 is 0 Å². The molecule has 0 spiro atoms. The summed E-state index contributed by atoms with van der Waals surface area (Å²) in [5.74, 6) is 0. The molecule has 0 atom stereocenters. The molecule has 2 N–H and O–H groups in total. The van der Waals surface area contributed by atoms with E-state index in [-0.39, 0.29) is 31.2 Å². The molecule has 7 heteroatoms. The van der Waals surface area contributed by atoms with Crippen LogP contribution in [0, 0.1) is 0 Å². The number of aryl methyl sites for hydroxylation is 1. The van der Waals surface area contributed by atoms with Crippen molar-refractivity contribution in [1.29, 1.82) is 0 Å². The summed E-state index contributed by atoms with van der Waals surface area (Å²) in [5.41, 5.74) is 0.563. The van der Waals surface area contributed by atoms with E-state index in [1.807, 2.05) is 6.92 Å². The Morgan fingerprint density at radius 3 is 2.65 bits per heavy atom. The van der Waals surface area contributed by atoms with Crippen LogP contribution in [0.2, 0.25) is 0 Å². The van der Waals surface area contributed by atoms with Crippen LogP contribution in [0.3, 0.4) is 0 Å². The normalized spacial score (nSPS) is 12.0. The van der Waals surface area contributed by atoms with Crippen LogP contribution in [0.4, 0.5) is 0 Å². The van der Waals surface area contributed by atoms with Crippen molar-refractivity contribution in [2.75, 3.05) is 19.7 Å². The van der Waals surface area contributed by atoms with Crippen molar-refractivity contribution < 1.29 is 18.6 Å². The summed E-state index contributed by atoms with van der Waals surface area (Å²) < 4.78 is 27.8. The van der Waals surface area contributed by atoms with Gasteiger partial charge in [0.2, 0.25) is 10.0 Å². The molecule has 0 saturated carbocycles. The number of aliphatic hydroxyl groups excluding tert-OH is 2. The van der Waals surface area contributed by atoms with Crippen LogP contribution in [0.25, 0.3) is 0 Å². The standard InChI is InChI=1S/C13H22N2O4S/c1-3-5-14-10-13(9-12(14)11-17)20(18,19)15(6-4-2)7-8-16/h4,9-10,16-17H,2-3,5-8,11H2,1H3. The summed E-state index contributed by atoms with van der Waals surface area (Å²) in [5, 5.41) is 18.3. The number of hydrogen-bond acceptors (Lipinski definition) is 4. The topological polar surface area (TPSA) is 82.8 Å². The first-order chi connectivity index (χ1) is 9.51. The largest absolute Gasteiger partial charge is 0.395 e. The zero-order valence-corrected chi connectivity index (χ0v) is 12.5. The number of rotatable bonds is 9. The fourth-order valence-electron chi connectivity index (χ4n) is 1.96. The third-order valence-corrected chi connectivity index (χ3v) is 4.74. The van der Waals surface area contributed by atoms with Crippen molar-refractivity contribution in [2.45, 2.75) is 31.4 Å². The van der Waals surface area contributed by atoms with Crippen molar-refractivity contribution in [3.63, 3.8) is 0 Å². The van der Waals surface area contributed by atoms with Gasteiger partial charge in [-0.1, -0.05) is 13.0 Å². The highest BCUT2D eigenvalue weighted by Gasteiger charge is 2.25. The highest BCUT2D eigenvalue weighted by molar-refractivity contribution is 7.89. The average Bonchev–Trinajstić information content (AvgIpc) is 2.83. The predicted molar refractivity (Wildman–Crippen MR) is 76.7 cm³/mol. The fourth-order valence-corrected chi connectivity index (χ4v) is 3.43. The number of hydrogen-bond donors (Lipinski definition) is 2. The molecular formula is C13H22N2O4S. The average molecular weight is 302 g/mol. The zero-order chi connectivity index (χ0) is 15.2. The van der Waals surface area contributed by atoms with Crippen molar-refractivity contribution in [3.05, 3.63) is 30.6 Å². The SMILES string of the molecule is C=CCN(CCO)S(=O)(=O)c1cc(CO)n(CCC)c1. The van der Waals surface area contributed by atoms with Crippen molar-refractivity contribution in [1.82, 2.24) is 8.87 Å². The summed E-state index contributed by atoms with van der Waals surface area (Å²) >= 11 is 0.